The molecule has 0 fully saturated rings. The van der Waals surface area contributed by atoms with E-state index in [0.717, 1.165) is 11.3 Å². The van der Waals surface area contributed by atoms with E-state index in [-0.39, 0.29) is 5.91 Å². The highest BCUT2D eigenvalue weighted by molar-refractivity contribution is 6.31. The highest BCUT2D eigenvalue weighted by Crippen LogP contribution is 2.20. The minimum Gasteiger partial charge on any atom is -0.399 e. The first-order valence-corrected chi connectivity index (χ1v) is 6.26. The molecule has 1 amide bonds. The molecule has 2 aromatic rings. The SMILES string of the molecule is Cc1cc(C(=O)N(C)c2ccc(N)cc2)ccc1Cl. The Morgan fingerprint density at radius 2 is 1.79 bits per heavy atom. The molecule has 0 aliphatic carbocycles. The van der Waals surface area contributed by atoms with Crippen molar-refractivity contribution < 1.29 is 4.79 Å². The number of carbonyl (C=O) groups excluding carboxylic acids is 1. The van der Waals surface area contributed by atoms with Gasteiger partial charge in [0.1, 0.15) is 0 Å². The Bertz CT molecular complexity index is 608. The lowest BCUT2D eigenvalue weighted by atomic mass is 10.1. The van der Waals surface area contributed by atoms with Gasteiger partial charge in [0.15, 0.2) is 0 Å². The van der Waals surface area contributed by atoms with E-state index in [2.05, 4.69) is 0 Å². The third-order valence-electron chi connectivity index (χ3n) is 2.99. The zero-order chi connectivity index (χ0) is 14.0. The molecule has 0 heterocycles. The van der Waals surface area contributed by atoms with E-state index >= 15 is 0 Å². The predicted octanol–water partition coefficient (Wildman–Crippen LogP) is 3.51. The van der Waals surface area contributed by atoms with Crippen molar-refractivity contribution in [1.82, 2.24) is 0 Å². The molecular weight excluding hydrogens is 260 g/mol. The number of carbonyl (C=O) groups is 1. The molecule has 98 valence electrons. The van der Waals surface area contributed by atoms with Crippen LogP contribution in [0.25, 0.3) is 0 Å². The molecule has 0 spiro atoms. The number of nitrogen functional groups attached to an aromatic ring is 1. The van der Waals surface area contributed by atoms with Crippen molar-refractivity contribution >= 4 is 28.9 Å². The van der Waals surface area contributed by atoms with Crippen molar-refractivity contribution in [2.24, 2.45) is 0 Å². The number of anilines is 2. The van der Waals surface area contributed by atoms with Gasteiger partial charge >= 0.3 is 0 Å². The van der Waals surface area contributed by atoms with E-state index in [1.165, 1.54) is 0 Å². The van der Waals surface area contributed by atoms with E-state index < -0.39 is 0 Å². The maximum atomic E-state index is 12.3. The van der Waals surface area contributed by atoms with Crippen LogP contribution in [0.3, 0.4) is 0 Å². The Hall–Kier alpha value is -2.00. The number of aryl methyl sites for hydroxylation is 1. The summed E-state index contributed by atoms with van der Waals surface area (Å²) in [5.74, 6) is -0.0791. The maximum Gasteiger partial charge on any atom is 0.258 e. The number of nitrogens with two attached hydrogens (primary N) is 1. The molecule has 2 aromatic carbocycles. The van der Waals surface area contributed by atoms with E-state index in [1.807, 2.05) is 19.1 Å². The fraction of sp³-hybridized carbons (Fsp3) is 0.133. The van der Waals surface area contributed by atoms with Gasteiger partial charge in [0.25, 0.3) is 5.91 Å². The van der Waals surface area contributed by atoms with Crippen LogP contribution in [0.5, 0.6) is 0 Å². The number of halogens is 1. The first kappa shape index (κ1) is 13.4. The molecule has 2 rings (SSSR count). The highest BCUT2D eigenvalue weighted by Gasteiger charge is 2.14. The largest absolute Gasteiger partial charge is 0.399 e. The van der Waals surface area contributed by atoms with Gasteiger partial charge in [0.2, 0.25) is 0 Å². The van der Waals surface area contributed by atoms with Crippen molar-refractivity contribution in [1.29, 1.82) is 0 Å². The molecule has 0 atom stereocenters. The fourth-order valence-electron chi connectivity index (χ4n) is 1.79. The van der Waals surface area contributed by atoms with Gasteiger partial charge in [-0.2, -0.15) is 0 Å². The zero-order valence-corrected chi connectivity index (χ0v) is 11.6. The highest BCUT2D eigenvalue weighted by atomic mass is 35.5. The van der Waals surface area contributed by atoms with Gasteiger partial charge in [-0.3, -0.25) is 4.79 Å². The molecule has 0 aliphatic heterocycles. The number of rotatable bonds is 2. The quantitative estimate of drug-likeness (QED) is 0.852. The average Bonchev–Trinajstić information content (AvgIpc) is 2.41. The van der Waals surface area contributed by atoms with Crippen LogP contribution in [0, 0.1) is 6.92 Å². The van der Waals surface area contributed by atoms with Crippen LogP contribution in [0.15, 0.2) is 42.5 Å². The van der Waals surface area contributed by atoms with Gasteiger partial charge in [-0.05, 0) is 55.0 Å². The third-order valence-corrected chi connectivity index (χ3v) is 3.41. The topological polar surface area (TPSA) is 46.3 Å². The fourth-order valence-corrected chi connectivity index (χ4v) is 1.90. The molecule has 0 aliphatic rings. The third kappa shape index (κ3) is 2.88. The number of benzene rings is 2. The monoisotopic (exact) mass is 274 g/mol. The summed E-state index contributed by atoms with van der Waals surface area (Å²) in [6.45, 7) is 1.88. The standard InChI is InChI=1S/C15H15ClN2O/c1-10-9-11(3-8-14(10)16)15(19)18(2)13-6-4-12(17)5-7-13/h3-9H,17H2,1-2H3. The Labute approximate surface area is 117 Å². The molecule has 2 N–H and O–H groups in total. The van der Waals surface area contributed by atoms with Gasteiger partial charge < -0.3 is 10.6 Å². The molecule has 0 saturated carbocycles. The van der Waals surface area contributed by atoms with Crippen LogP contribution in [0.4, 0.5) is 11.4 Å². The Balaban J connectivity index is 2.28. The Morgan fingerprint density at radius 1 is 1.16 bits per heavy atom. The van der Waals surface area contributed by atoms with E-state index in [1.54, 1.807) is 42.3 Å². The molecule has 0 bridgehead atoms. The second-order valence-corrected chi connectivity index (χ2v) is 4.83. The number of amides is 1. The van der Waals surface area contributed by atoms with Crippen molar-refractivity contribution in [2.75, 3.05) is 17.7 Å². The molecule has 4 heteroatoms. The summed E-state index contributed by atoms with van der Waals surface area (Å²) >= 11 is 5.96. The summed E-state index contributed by atoms with van der Waals surface area (Å²) < 4.78 is 0. The van der Waals surface area contributed by atoms with E-state index in [0.29, 0.717) is 16.3 Å². The van der Waals surface area contributed by atoms with Crippen LogP contribution >= 0.6 is 11.6 Å². The Kier molecular flexibility index (Phi) is 3.76. The zero-order valence-electron chi connectivity index (χ0n) is 10.9. The molecule has 0 saturated heterocycles. The smallest absolute Gasteiger partial charge is 0.258 e. The minimum absolute atomic E-state index is 0.0791. The van der Waals surface area contributed by atoms with Crippen LogP contribution in [0.1, 0.15) is 15.9 Å². The van der Waals surface area contributed by atoms with Crippen molar-refractivity contribution in [3.8, 4) is 0 Å². The lowest BCUT2D eigenvalue weighted by Gasteiger charge is -2.18. The van der Waals surface area contributed by atoms with Gasteiger partial charge in [-0.15, -0.1) is 0 Å². The van der Waals surface area contributed by atoms with Gasteiger partial charge in [0, 0.05) is 29.0 Å². The van der Waals surface area contributed by atoms with Gasteiger partial charge in [-0.1, -0.05) is 11.6 Å². The molecular formula is C15H15ClN2O. The number of hydrogen-bond donors (Lipinski definition) is 1. The number of hydrogen-bond acceptors (Lipinski definition) is 2. The van der Waals surface area contributed by atoms with Crippen LogP contribution < -0.4 is 10.6 Å². The summed E-state index contributed by atoms with van der Waals surface area (Å²) in [5.41, 5.74) is 8.60. The van der Waals surface area contributed by atoms with Crippen molar-refractivity contribution in [2.45, 2.75) is 6.92 Å². The summed E-state index contributed by atoms with van der Waals surface area (Å²) in [4.78, 5) is 13.9. The lowest BCUT2D eigenvalue weighted by molar-refractivity contribution is 0.0993. The molecule has 0 radical (unpaired) electrons. The second kappa shape index (κ2) is 5.33. The van der Waals surface area contributed by atoms with Gasteiger partial charge in [-0.25, -0.2) is 0 Å². The summed E-state index contributed by atoms with van der Waals surface area (Å²) in [7, 11) is 1.73. The van der Waals surface area contributed by atoms with Crippen LogP contribution in [-0.2, 0) is 0 Å². The van der Waals surface area contributed by atoms with Crippen molar-refractivity contribution in [3.05, 3.63) is 58.6 Å². The molecule has 0 unspecified atom stereocenters. The molecule has 3 nitrogen and oxygen atoms in total. The second-order valence-electron chi connectivity index (χ2n) is 4.42. The first-order chi connectivity index (χ1) is 8.99. The predicted molar refractivity (Wildman–Crippen MR) is 79.8 cm³/mol. The summed E-state index contributed by atoms with van der Waals surface area (Å²) in [5, 5.41) is 0.659. The van der Waals surface area contributed by atoms with E-state index in [4.69, 9.17) is 17.3 Å². The summed E-state index contributed by atoms with van der Waals surface area (Å²) in [6.07, 6.45) is 0. The van der Waals surface area contributed by atoms with E-state index in [9.17, 15) is 4.79 Å². The normalized spacial score (nSPS) is 10.3. The van der Waals surface area contributed by atoms with Gasteiger partial charge in [0.05, 0.1) is 0 Å². The first-order valence-electron chi connectivity index (χ1n) is 5.89. The molecule has 19 heavy (non-hydrogen) atoms. The van der Waals surface area contributed by atoms with Crippen molar-refractivity contribution in [3.63, 3.8) is 0 Å². The summed E-state index contributed by atoms with van der Waals surface area (Å²) in [6, 6.07) is 12.4. The lowest BCUT2D eigenvalue weighted by Crippen LogP contribution is -2.26. The maximum absolute atomic E-state index is 12.3. The Morgan fingerprint density at radius 3 is 2.37 bits per heavy atom. The minimum atomic E-state index is -0.0791. The average molecular weight is 275 g/mol. The van der Waals surface area contributed by atoms with Crippen LogP contribution in [-0.4, -0.2) is 13.0 Å². The molecule has 0 aromatic heterocycles. The van der Waals surface area contributed by atoms with Crippen LogP contribution in [0.2, 0.25) is 5.02 Å². The number of nitrogens with zero attached hydrogens (tertiary/aromatic N) is 1.